The van der Waals surface area contributed by atoms with Gasteiger partial charge in [-0.1, -0.05) is 12.2 Å². The van der Waals surface area contributed by atoms with Crippen LogP contribution in [0.25, 0.3) is 0 Å². The smallest absolute Gasteiger partial charge is 0.320 e. The zero-order valence-electron chi connectivity index (χ0n) is 11.0. The Bertz CT molecular complexity index is 317. The summed E-state index contributed by atoms with van der Waals surface area (Å²) in [6, 6.07) is 0. The zero-order chi connectivity index (χ0) is 14.1. The van der Waals surface area contributed by atoms with Gasteiger partial charge in [0.15, 0.2) is 5.92 Å². The van der Waals surface area contributed by atoms with Gasteiger partial charge in [-0.05, 0) is 6.92 Å². The summed E-state index contributed by atoms with van der Waals surface area (Å²) in [7, 11) is 3.58. The number of esters is 3. The van der Waals surface area contributed by atoms with E-state index < -0.39 is 29.7 Å². The lowest BCUT2D eigenvalue weighted by Gasteiger charge is -2.19. The van der Waals surface area contributed by atoms with E-state index in [0.717, 1.165) is 0 Å². The van der Waals surface area contributed by atoms with Gasteiger partial charge in [-0.3, -0.25) is 14.4 Å². The topological polar surface area (TPSA) is 78.9 Å². The molecule has 6 nitrogen and oxygen atoms in total. The zero-order valence-corrected chi connectivity index (χ0v) is 11.0. The number of ether oxygens (including phenoxy) is 3. The molecule has 1 unspecified atom stereocenters. The first-order chi connectivity index (χ1) is 8.51. The Labute approximate surface area is 106 Å². The number of methoxy groups -OCH3 is 3. The van der Waals surface area contributed by atoms with Crippen molar-refractivity contribution >= 4 is 17.9 Å². The Balaban J connectivity index is 5.14. The van der Waals surface area contributed by atoms with Gasteiger partial charge in [-0.15, -0.1) is 0 Å². The van der Waals surface area contributed by atoms with E-state index in [-0.39, 0.29) is 6.42 Å². The highest BCUT2D eigenvalue weighted by molar-refractivity contribution is 5.96. The lowest BCUT2D eigenvalue weighted by Crippen LogP contribution is -2.34. The molecule has 0 aromatic carbocycles. The lowest BCUT2D eigenvalue weighted by atomic mass is 9.89. The molecule has 0 saturated heterocycles. The first-order valence-corrected chi connectivity index (χ1v) is 5.37. The number of hydrogen-bond acceptors (Lipinski definition) is 6. The molecule has 0 aliphatic heterocycles. The third-order valence-electron chi connectivity index (χ3n) is 2.41. The van der Waals surface area contributed by atoms with Gasteiger partial charge in [-0.25, -0.2) is 0 Å². The molecule has 1 atom stereocenters. The van der Waals surface area contributed by atoms with Crippen LogP contribution in [0, 0.1) is 11.8 Å². The minimum Gasteiger partial charge on any atom is -0.469 e. The molecule has 0 N–H and O–H groups in total. The van der Waals surface area contributed by atoms with Crippen molar-refractivity contribution in [1.29, 1.82) is 0 Å². The summed E-state index contributed by atoms with van der Waals surface area (Å²) in [4.78, 5) is 34.4. The van der Waals surface area contributed by atoms with Crippen molar-refractivity contribution < 1.29 is 28.6 Å². The number of carbonyl (C=O) groups excluding carboxylic acids is 3. The molecule has 0 heterocycles. The number of rotatable bonds is 6. The van der Waals surface area contributed by atoms with E-state index >= 15 is 0 Å². The normalized spacial score (nSPS) is 12.3. The number of hydrogen-bond donors (Lipinski definition) is 0. The van der Waals surface area contributed by atoms with Crippen molar-refractivity contribution in [2.75, 3.05) is 21.3 Å². The molecule has 0 bridgehead atoms. The Hall–Kier alpha value is -1.85. The third-order valence-corrected chi connectivity index (χ3v) is 2.41. The Morgan fingerprint density at radius 2 is 1.50 bits per heavy atom. The van der Waals surface area contributed by atoms with Gasteiger partial charge in [0.1, 0.15) is 0 Å². The minimum atomic E-state index is -1.17. The maximum atomic E-state index is 11.6. The van der Waals surface area contributed by atoms with Gasteiger partial charge < -0.3 is 14.2 Å². The van der Waals surface area contributed by atoms with Crippen LogP contribution in [0.2, 0.25) is 0 Å². The fourth-order valence-electron chi connectivity index (χ4n) is 1.52. The fraction of sp³-hybridized carbons (Fsp3) is 0.583. The molecule has 0 aromatic heterocycles. The second-order valence-electron chi connectivity index (χ2n) is 3.49. The largest absolute Gasteiger partial charge is 0.469 e. The van der Waals surface area contributed by atoms with Crippen LogP contribution >= 0.6 is 0 Å². The summed E-state index contributed by atoms with van der Waals surface area (Å²) in [5.41, 5.74) is 0. The predicted molar refractivity (Wildman–Crippen MR) is 62.5 cm³/mol. The molecular weight excluding hydrogens is 240 g/mol. The van der Waals surface area contributed by atoms with E-state index in [1.165, 1.54) is 21.3 Å². The van der Waals surface area contributed by atoms with E-state index in [9.17, 15) is 14.4 Å². The van der Waals surface area contributed by atoms with Crippen LogP contribution in [0.1, 0.15) is 13.3 Å². The highest BCUT2D eigenvalue weighted by atomic mass is 16.5. The summed E-state index contributed by atoms with van der Waals surface area (Å²) >= 11 is 0. The van der Waals surface area contributed by atoms with Crippen molar-refractivity contribution in [3.63, 3.8) is 0 Å². The molecule has 18 heavy (non-hydrogen) atoms. The van der Waals surface area contributed by atoms with Gasteiger partial charge in [0.05, 0.1) is 27.8 Å². The first kappa shape index (κ1) is 16.1. The molecule has 102 valence electrons. The molecule has 0 aliphatic rings. The average molecular weight is 258 g/mol. The molecule has 0 saturated carbocycles. The molecular formula is C12H18O6. The maximum absolute atomic E-state index is 11.6. The summed E-state index contributed by atoms with van der Waals surface area (Å²) in [6.45, 7) is 1.72. The number of carbonyl (C=O) groups is 3. The summed E-state index contributed by atoms with van der Waals surface area (Å²) in [5, 5.41) is 0. The van der Waals surface area contributed by atoms with Crippen molar-refractivity contribution in [3.8, 4) is 0 Å². The monoisotopic (exact) mass is 258 g/mol. The van der Waals surface area contributed by atoms with Gasteiger partial charge in [0.25, 0.3) is 0 Å². The lowest BCUT2D eigenvalue weighted by molar-refractivity contribution is -0.161. The molecule has 0 aromatic rings. The summed E-state index contributed by atoms with van der Waals surface area (Å²) < 4.78 is 13.6. The third kappa shape index (κ3) is 4.57. The summed E-state index contributed by atoms with van der Waals surface area (Å²) in [6.07, 6.45) is 3.12. The van der Waals surface area contributed by atoms with Crippen LogP contribution in [-0.4, -0.2) is 39.2 Å². The van der Waals surface area contributed by atoms with E-state index in [1.807, 2.05) is 0 Å². The minimum absolute atomic E-state index is 0.101. The first-order valence-electron chi connectivity index (χ1n) is 5.37. The molecule has 0 fully saturated rings. The predicted octanol–water partition coefficient (Wildman–Crippen LogP) is 0.704. The Kier molecular flexibility index (Phi) is 7.42. The SMILES string of the molecule is C/C=C/C(CC(=O)OC)C(C(=O)OC)C(=O)OC. The second kappa shape index (κ2) is 8.27. The highest BCUT2D eigenvalue weighted by Gasteiger charge is 2.36. The van der Waals surface area contributed by atoms with Gasteiger partial charge in [-0.2, -0.15) is 0 Å². The van der Waals surface area contributed by atoms with Crippen LogP contribution in [0.5, 0.6) is 0 Å². The fourth-order valence-corrected chi connectivity index (χ4v) is 1.52. The second-order valence-corrected chi connectivity index (χ2v) is 3.49. The van der Waals surface area contributed by atoms with Crippen molar-refractivity contribution in [1.82, 2.24) is 0 Å². The molecule has 0 radical (unpaired) electrons. The molecule has 6 heteroatoms. The van der Waals surface area contributed by atoms with Crippen molar-refractivity contribution in [3.05, 3.63) is 12.2 Å². The Morgan fingerprint density at radius 1 is 1.00 bits per heavy atom. The maximum Gasteiger partial charge on any atom is 0.320 e. The van der Waals surface area contributed by atoms with E-state index in [2.05, 4.69) is 14.2 Å². The van der Waals surface area contributed by atoms with Crippen LogP contribution in [-0.2, 0) is 28.6 Å². The van der Waals surface area contributed by atoms with Crippen molar-refractivity contribution in [2.45, 2.75) is 13.3 Å². The van der Waals surface area contributed by atoms with Crippen molar-refractivity contribution in [2.24, 2.45) is 11.8 Å². The molecule has 0 amide bonds. The van der Waals surface area contributed by atoms with Crippen LogP contribution in [0.3, 0.4) is 0 Å². The molecule has 0 spiro atoms. The van der Waals surface area contributed by atoms with Gasteiger partial charge in [0, 0.05) is 5.92 Å². The van der Waals surface area contributed by atoms with E-state index in [0.29, 0.717) is 0 Å². The van der Waals surface area contributed by atoms with E-state index in [1.54, 1.807) is 19.1 Å². The molecule has 0 aliphatic carbocycles. The highest BCUT2D eigenvalue weighted by Crippen LogP contribution is 2.21. The average Bonchev–Trinajstić information content (AvgIpc) is 2.38. The van der Waals surface area contributed by atoms with Crippen LogP contribution in [0.4, 0.5) is 0 Å². The van der Waals surface area contributed by atoms with Gasteiger partial charge in [0.2, 0.25) is 0 Å². The summed E-state index contributed by atoms with van der Waals surface area (Å²) in [5.74, 6) is -3.82. The van der Waals surface area contributed by atoms with Gasteiger partial charge >= 0.3 is 17.9 Å². The number of allylic oxidation sites excluding steroid dienone is 2. The quantitative estimate of drug-likeness (QED) is 0.302. The van der Waals surface area contributed by atoms with Crippen LogP contribution in [0.15, 0.2) is 12.2 Å². The van der Waals surface area contributed by atoms with E-state index in [4.69, 9.17) is 0 Å². The Morgan fingerprint density at radius 3 is 1.83 bits per heavy atom. The van der Waals surface area contributed by atoms with Crippen LogP contribution < -0.4 is 0 Å². The molecule has 0 rings (SSSR count). The standard InChI is InChI=1S/C12H18O6/c1-5-6-8(7-9(13)16-2)10(11(14)17-3)12(15)18-4/h5-6,8,10H,7H2,1-4H3/b6-5+.